The zero-order chi connectivity index (χ0) is 24.0. The Balaban J connectivity index is 1.35. The molecule has 2 N–H and O–H groups in total. The fraction of sp³-hybridized carbons (Fsp3) is 0.520. The average Bonchev–Trinajstić information content (AvgIpc) is 3.18. The molecule has 3 atom stereocenters. The first kappa shape index (κ1) is 23.2. The maximum atomic E-state index is 14.1. The van der Waals surface area contributed by atoms with Crippen molar-refractivity contribution < 1.29 is 13.9 Å². The fourth-order valence-electron chi connectivity index (χ4n) is 5.42. The molecule has 0 saturated carbocycles. The third kappa shape index (κ3) is 4.53. The highest BCUT2D eigenvalue weighted by Gasteiger charge is 2.37. The molecule has 3 unspecified atom stereocenters. The Morgan fingerprint density at radius 2 is 1.88 bits per heavy atom. The van der Waals surface area contributed by atoms with Crippen LogP contribution in [0.5, 0.6) is 5.75 Å². The number of amides is 1. The Bertz CT molecular complexity index is 1110. The summed E-state index contributed by atoms with van der Waals surface area (Å²) >= 11 is 6.20. The number of nitrogens with zero attached hydrogens (tertiary/aromatic N) is 3. The molecule has 7 nitrogen and oxygen atoms in total. The molecular formula is C25H29ClFN5O2. The third-order valence-corrected chi connectivity index (χ3v) is 7.67. The summed E-state index contributed by atoms with van der Waals surface area (Å²) in [5.74, 6) is -0.338. The van der Waals surface area contributed by atoms with E-state index in [1.807, 2.05) is 0 Å². The molecule has 1 aromatic carbocycles. The van der Waals surface area contributed by atoms with E-state index < -0.39 is 11.7 Å². The van der Waals surface area contributed by atoms with Crippen molar-refractivity contribution in [3.63, 3.8) is 0 Å². The molecule has 0 spiro atoms. The highest BCUT2D eigenvalue weighted by Crippen LogP contribution is 2.32. The second-order valence-corrected chi connectivity index (χ2v) is 10.1. The molecule has 0 aliphatic carbocycles. The number of likely N-dealkylation sites (tertiary alicyclic amines) is 1. The molecule has 1 aromatic heterocycles. The van der Waals surface area contributed by atoms with E-state index in [2.05, 4.69) is 15.3 Å². The van der Waals surface area contributed by atoms with E-state index in [0.717, 1.165) is 25.7 Å². The van der Waals surface area contributed by atoms with Crippen LogP contribution < -0.4 is 10.1 Å². The lowest BCUT2D eigenvalue weighted by Gasteiger charge is -2.40. The number of hydrogen-bond acceptors (Lipinski definition) is 6. The lowest BCUT2D eigenvalue weighted by atomic mass is 9.85. The van der Waals surface area contributed by atoms with Gasteiger partial charge in [-0.15, -0.1) is 0 Å². The standard InChI is InChI=1S/C25H29ClFN5O2/c1-13-23(26)14(2)30-24(29-13)20-11-32(12-21(20)28)25(33)19-7-6-15(27)8-22(19)34-18-9-16-4-3-5-17(10-18)31-16/h6-8,16-18,20,28,31H,3-5,9-12H2,1-2H3. The molecule has 180 valence electrons. The van der Waals surface area contributed by atoms with Crippen LogP contribution in [0.25, 0.3) is 0 Å². The maximum absolute atomic E-state index is 14.1. The van der Waals surface area contributed by atoms with Gasteiger partial charge in [-0.05, 0) is 51.7 Å². The predicted molar refractivity (Wildman–Crippen MR) is 127 cm³/mol. The Labute approximate surface area is 203 Å². The lowest BCUT2D eigenvalue weighted by molar-refractivity contribution is 0.0760. The topological polar surface area (TPSA) is 91.2 Å². The number of aromatic nitrogens is 2. The van der Waals surface area contributed by atoms with Crippen molar-refractivity contribution in [2.24, 2.45) is 0 Å². The summed E-state index contributed by atoms with van der Waals surface area (Å²) in [6.45, 7) is 4.06. The molecule has 34 heavy (non-hydrogen) atoms. The molecule has 3 aliphatic rings. The molecule has 1 amide bonds. The van der Waals surface area contributed by atoms with E-state index in [0.29, 0.717) is 45.6 Å². The smallest absolute Gasteiger partial charge is 0.257 e. The predicted octanol–water partition coefficient (Wildman–Crippen LogP) is 4.20. The van der Waals surface area contributed by atoms with Crippen molar-refractivity contribution in [1.82, 2.24) is 20.2 Å². The van der Waals surface area contributed by atoms with Crippen LogP contribution in [-0.4, -0.2) is 57.8 Å². The van der Waals surface area contributed by atoms with Crippen molar-refractivity contribution in [1.29, 1.82) is 5.41 Å². The van der Waals surface area contributed by atoms with Crippen LogP contribution in [0.1, 0.15) is 65.6 Å². The summed E-state index contributed by atoms with van der Waals surface area (Å²) in [5.41, 5.74) is 2.00. The number of benzene rings is 1. The van der Waals surface area contributed by atoms with Gasteiger partial charge in [0, 0.05) is 30.4 Å². The molecule has 3 saturated heterocycles. The Morgan fingerprint density at radius 1 is 1.21 bits per heavy atom. The van der Waals surface area contributed by atoms with Gasteiger partial charge in [-0.25, -0.2) is 14.4 Å². The van der Waals surface area contributed by atoms with Gasteiger partial charge in [-0.3, -0.25) is 4.79 Å². The number of halogens is 2. The number of hydrogen-bond donors (Lipinski definition) is 2. The van der Waals surface area contributed by atoms with E-state index in [1.165, 1.54) is 24.6 Å². The number of nitrogens with one attached hydrogen (secondary N) is 2. The van der Waals surface area contributed by atoms with Gasteiger partial charge in [0.25, 0.3) is 5.91 Å². The zero-order valence-electron chi connectivity index (χ0n) is 19.4. The number of carbonyl (C=O) groups is 1. The Kier molecular flexibility index (Phi) is 6.29. The highest BCUT2D eigenvalue weighted by molar-refractivity contribution is 6.31. The first-order valence-corrected chi connectivity index (χ1v) is 12.3. The largest absolute Gasteiger partial charge is 0.489 e. The van der Waals surface area contributed by atoms with Gasteiger partial charge in [-0.1, -0.05) is 18.0 Å². The molecule has 3 aliphatic heterocycles. The van der Waals surface area contributed by atoms with Crippen LogP contribution in [0.15, 0.2) is 18.2 Å². The number of piperidine rings is 2. The zero-order valence-corrected chi connectivity index (χ0v) is 20.2. The van der Waals surface area contributed by atoms with Gasteiger partial charge in [0.05, 0.1) is 34.4 Å². The SMILES string of the molecule is Cc1nc(C2CN(C(=O)c3ccc(F)cc3OC3CC4CCCC(C3)N4)CC2=N)nc(C)c1Cl. The monoisotopic (exact) mass is 485 g/mol. The molecule has 2 aromatic rings. The van der Waals surface area contributed by atoms with Gasteiger partial charge in [0.2, 0.25) is 0 Å². The van der Waals surface area contributed by atoms with E-state index >= 15 is 0 Å². The third-order valence-electron chi connectivity index (χ3n) is 7.12. The maximum Gasteiger partial charge on any atom is 0.257 e. The molecular weight excluding hydrogens is 457 g/mol. The van der Waals surface area contributed by atoms with Gasteiger partial charge in [0.1, 0.15) is 23.5 Å². The number of aryl methyl sites for hydroxylation is 2. The second-order valence-electron chi connectivity index (χ2n) is 9.67. The number of ether oxygens (including phenoxy) is 1. The van der Waals surface area contributed by atoms with Crippen LogP contribution in [0.3, 0.4) is 0 Å². The van der Waals surface area contributed by atoms with Gasteiger partial charge >= 0.3 is 0 Å². The first-order valence-electron chi connectivity index (χ1n) is 11.9. The minimum absolute atomic E-state index is 0.0528. The molecule has 9 heteroatoms. The van der Waals surface area contributed by atoms with Crippen LogP contribution in [-0.2, 0) is 0 Å². The Hall–Kier alpha value is -2.58. The normalized spacial score (nSPS) is 26.6. The summed E-state index contributed by atoms with van der Waals surface area (Å²) in [6.07, 6.45) is 5.11. The van der Waals surface area contributed by atoms with E-state index in [4.69, 9.17) is 21.7 Å². The molecule has 0 radical (unpaired) electrons. The van der Waals surface area contributed by atoms with Crippen LogP contribution in [0, 0.1) is 25.1 Å². The summed E-state index contributed by atoms with van der Waals surface area (Å²) in [4.78, 5) is 24.0. The van der Waals surface area contributed by atoms with E-state index in [9.17, 15) is 9.18 Å². The number of rotatable bonds is 4. The van der Waals surface area contributed by atoms with Crippen molar-refractivity contribution in [2.45, 2.75) is 70.1 Å². The first-order chi connectivity index (χ1) is 16.3. The molecule has 3 fully saturated rings. The quantitative estimate of drug-likeness (QED) is 0.677. The average molecular weight is 486 g/mol. The Morgan fingerprint density at radius 3 is 2.56 bits per heavy atom. The van der Waals surface area contributed by atoms with Crippen molar-refractivity contribution in [3.05, 3.63) is 51.8 Å². The molecule has 5 rings (SSSR count). The van der Waals surface area contributed by atoms with Crippen LogP contribution in [0.2, 0.25) is 5.02 Å². The fourth-order valence-corrected chi connectivity index (χ4v) is 5.50. The number of carbonyl (C=O) groups excluding carboxylic acids is 1. The van der Waals surface area contributed by atoms with Crippen molar-refractivity contribution in [3.8, 4) is 5.75 Å². The van der Waals surface area contributed by atoms with E-state index in [1.54, 1.807) is 18.7 Å². The summed E-state index contributed by atoms with van der Waals surface area (Å²) in [5, 5.41) is 12.6. The van der Waals surface area contributed by atoms with E-state index in [-0.39, 0.29) is 30.9 Å². The van der Waals surface area contributed by atoms with Crippen molar-refractivity contribution >= 4 is 23.2 Å². The lowest BCUT2D eigenvalue weighted by Crippen LogP contribution is -2.51. The second kappa shape index (κ2) is 9.23. The summed E-state index contributed by atoms with van der Waals surface area (Å²) < 4.78 is 20.4. The summed E-state index contributed by atoms with van der Waals surface area (Å²) in [7, 11) is 0. The minimum atomic E-state index is -0.437. The van der Waals surface area contributed by atoms with Gasteiger partial charge < -0.3 is 20.4 Å². The summed E-state index contributed by atoms with van der Waals surface area (Å²) in [6, 6.07) is 4.90. The van der Waals surface area contributed by atoms with Crippen LogP contribution >= 0.6 is 11.6 Å². The van der Waals surface area contributed by atoms with Gasteiger partial charge in [0.15, 0.2) is 0 Å². The molecule has 2 bridgehead atoms. The van der Waals surface area contributed by atoms with Crippen molar-refractivity contribution in [2.75, 3.05) is 13.1 Å². The van der Waals surface area contributed by atoms with Crippen LogP contribution in [0.4, 0.5) is 4.39 Å². The minimum Gasteiger partial charge on any atom is -0.489 e. The number of fused-ring (bicyclic) bond motifs is 2. The van der Waals surface area contributed by atoms with Gasteiger partial charge in [-0.2, -0.15) is 0 Å². The highest BCUT2D eigenvalue weighted by atomic mass is 35.5. The molecule has 4 heterocycles.